The number of hydrogen-bond acceptors (Lipinski definition) is 4. The highest BCUT2D eigenvalue weighted by Crippen LogP contribution is 2.28. The van der Waals surface area contributed by atoms with Crippen LogP contribution in [0.15, 0.2) is 114 Å². The van der Waals surface area contributed by atoms with Gasteiger partial charge in [0.15, 0.2) is 0 Å². The summed E-state index contributed by atoms with van der Waals surface area (Å²) in [6, 6.07) is 29.2. The minimum Gasteiger partial charge on any atom is -0.354 e. The van der Waals surface area contributed by atoms with Crippen LogP contribution in [0.2, 0.25) is 0 Å². The Balaban J connectivity index is 1.81. The Kier molecular flexibility index (Phi) is 11.3. The van der Waals surface area contributed by atoms with Crippen LogP contribution in [0.25, 0.3) is 0 Å². The number of halogens is 1. The van der Waals surface area contributed by atoms with Crippen LogP contribution < -0.4 is 9.62 Å². The van der Waals surface area contributed by atoms with Crippen LogP contribution in [0.4, 0.5) is 10.1 Å². The smallest absolute Gasteiger partial charge is 0.264 e. The molecule has 9 heteroatoms. The Bertz CT molecular complexity index is 1630. The predicted molar refractivity (Wildman–Crippen MR) is 171 cm³/mol. The lowest BCUT2D eigenvalue weighted by atomic mass is 10.0. The largest absolute Gasteiger partial charge is 0.354 e. The molecule has 4 aromatic carbocycles. The standard InChI is InChI=1S/C35H38FN3O4S/c1-3-23-37-35(41)33(24-27-13-7-5-8-14-27)38(25-28-19-21-30(36)22-20-28)34(40)26-39(32-18-12-11-15-29(32)4-2)44(42,43)31-16-9-6-10-17-31/h5-22,33H,3-4,23-26H2,1-2H3,(H,37,41). The minimum absolute atomic E-state index is 0.0230. The van der Waals surface area contributed by atoms with Gasteiger partial charge in [0, 0.05) is 19.5 Å². The summed E-state index contributed by atoms with van der Waals surface area (Å²) in [6.45, 7) is 3.71. The lowest BCUT2D eigenvalue weighted by Gasteiger charge is -2.34. The quantitative estimate of drug-likeness (QED) is 0.196. The van der Waals surface area contributed by atoms with Crippen molar-refractivity contribution in [2.75, 3.05) is 17.4 Å². The average Bonchev–Trinajstić information content (AvgIpc) is 3.05. The molecule has 0 spiro atoms. The Hall–Kier alpha value is -4.50. The third-order valence-corrected chi connectivity index (χ3v) is 9.11. The van der Waals surface area contributed by atoms with Crippen LogP contribution in [-0.4, -0.2) is 44.3 Å². The molecule has 0 saturated heterocycles. The van der Waals surface area contributed by atoms with Gasteiger partial charge in [-0.15, -0.1) is 0 Å². The molecule has 0 bridgehead atoms. The average molecular weight is 616 g/mol. The first-order chi connectivity index (χ1) is 21.2. The van der Waals surface area contributed by atoms with E-state index in [1.54, 1.807) is 42.5 Å². The van der Waals surface area contributed by atoms with Crippen LogP contribution in [-0.2, 0) is 39.0 Å². The molecule has 1 N–H and O–H groups in total. The summed E-state index contributed by atoms with van der Waals surface area (Å²) in [4.78, 5) is 29.6. The Morgan fingerprint density at radius 1 is 0.795 bits per heavy atom. The molecule has 0 aliphatic rings. The number of para-hydroxylation sites is 1. The third kappa shape index (κ3) is 8.11. The van der Waals surface area contributed by atoms with Crippen LogP contribution in [0.5, 0.6) is 0 Å². The monoisotopic (exact) mass is 615 g/mol. The fourth-order valence-corrected chi connectivity index (χ4v) is 6.47. The van der Waals surface area contributed by atoms with Gasteiger partial charge in [0.25, 0.3) is 10.0 Å². The zero-order chi connectivity index (χ0) is 31.5. The molecule has 44 heavy (non-hydrogen) atoms. The van der Waals surface area contributed by atoms with Crippen molar-refractivity contribution < 1.29 is 22.4 Å². The van der Waals surface area contributed by atoms with Gasteiger partial charge in [0.05, 0.1) is 10.6 Å². The minimum atomic E-state index is -4.18. The molecule has 0 radical (unpaired) electrons. The number of anilines is 1. The molecule has 4 rings (SSSR count). The van der Waals surface area contributed by atoms with Crippen LogP contribution >= 0.6 is 0 Å². The zero-order valence-electron chi connectivity index (χ0n) is 25.0. The molecule has 4 aromatic rings. The van der Waals surface area contributed by atoms with Crippen LogP contribution in [0.3, 0.4) is 0 Å². The van der Waals surface area contributed by atoms with Gasteiger partial charge in [-0.3, -0.25) is 13.9 Å². The number of rotatable bonds is 14. The lowest BCUT2D eigenvalue weighted by Crippen LogP contribution is -2.53. The molecule has 0 aliphatic carbocycles. The zero-order valence-corrected chi connectivity index (χ0v) is 25.8. The van der Waals surface area contributed by atoms with Gasteiger partial charge in [-0.05, 0) is 59.9 Å². The number of nitrogens with zero attached hydrogens (tertiary/aromatic N) is 2. The van der Waals surface area contributed by atoms with Crippen molar-refractivity contribution in [2.24, 2.45) is 0 Å². The van der Waals surface area contributed by atoms with E-state index in [0.717, 1.165) is 15.4 Å². The van der Waals surface area contributed by atoms with E-state index in [4.69, 9.17) is 0 Å². The molecule has 0 fully saturated rings. The highest BCUT2D eigenvalue weighted by atomic mass is 32.2. The number of nitrogens with one attached hydrogen (secondary N) is 1. The second kappa shape index (κ2) is 15.3. The molecule has 1 atom stereocenters. The van der Waals surface area contributed by atoms with Crippen molar-refractivity contribution in [1.82, 2.24) is 10.2 Å². The molecule has 1 unspecified atom stereocenters. The van der Waals surface area contributed by atoms with Gasteiger partial charge >= 0.3 is 0 Å². The second-order valence-corrected chi connectivity index (χ2v) is 12.3. The molecule has 230 valence electrons. The summed E-state index contributed by atoms with van der Waals surface area (Å²) in [7, 11) is -4.18. The van der Waals surface area contributed by atoms with E-state index in [2.05, 4.69) is 5.32 Å². The molecule has 2 amide bonds. The van der Waals surface area contributed by atoms with Crippen molar-refractivity contribution in [3.8, 4) is 0 Å². The van der Waals surface area contributed by atoms with Crippen molar-refractivity contribution in [1.29, 1.82) is 0 Å². The fraction of sp³-hybridized carbons (Fsp3) is 0.257. The fourth-order valence-electron chi connectivity index (χ4n) is 4.99. The first-order valence-electron chi connectivity index (χ1n) is 14.8. The van der Waals surface area contributed by atoms with E-state index in [9.17, 15) is 22.4 Å². The molecule has 7 nitrogen and oxygen atoms in total. The van der Waals surface area contributed by atoms with Crippen molar-refractivity contribution in [3.05, 3.63) is 132 Å². The SMILES string of the molecule is CCCNC(=O)C(Cc1ccccc1)N(Cc1ccc(F)cc1)C(=O)CN(c1ccccc1CC)S(=O)(=O)c1ccccc1. The normalized spacial score (nSPS) is 11.9. The predicted octanol–water partition coefficient (Wildman–Crippen LogP) is 5.75. The first kappa shape index (κ1) is 32.4. The summed E-state index contributed by atoms with van der Waals surface area (Å²) in [6.07, 6.45) is 1.45. The summed E-state index contributed by atoms with van der Waals surface area (Å²) in [5.41, 5.74) is 2.59. The van der Waals surface area contributed by atoms with E-state index < -0.39 is 34.3 Å². The maximum absolute atomic E-state index is 14.5. The highest BCUT2D eigenvalue weighted by molar-refractivity contribution is 7.92. The van der Waals surface area contributed by atoms with E-state index in [-0.39, 0.29) is 23.8 Å². The van der Waals surface area contributed by atoms with Gasteiger partial charge in [-0.1, -0.05) is 92.7 Å². The van der Waals surface area contributed by atoms with Gasteiger partial charge < -0.3 is 10.2 Å². The Morgan fingerprint density at radius 2 is 1.41 bits per heavy atom. The number of carbonyl (C=O) groups excluding carboxylic acids is 2. The molecular formula is C35H38FN3O4S. The van der Waals surface area contributed by atoms with E-state index in [0.29, 0.717) is 30.6 Å². The number of benzene rings is 4. The molecule has 0 heterocycles. The third-order valence-electron chi connectivity index (χ3n) is 7.34. The van der Waals surface area contributed by atoms with E-state index in [1.165, 1.54) is 29.2 Å². The molecule has 0 saturated carbocycles. The number of sulfonamides is 1. The van der Waals surface area contributed by atoms with Crippen LogP contribution in [0.1, 0.15) is 37.0 Å². The second-order valence-electron chi connectivity index (χ2n) is 10.5. The van der Waals surface area contributed by atoms with Crippen molar-refractivity contribution in [2.45, 2.75) is 50.6 Å². The summed E-state index contributed by atoms with van der Waals surface area (Å²) >= 11 is 0. The molecule has 0 aromatic heterocycles. The van der Waals surface area contributed by atoms with Crippen molar-refractivity contribution in [3.63, 3.8) is 0 Å². The molecular weight excluding hydrogens is 577 g/mol. The van der Waals surface area contributed by atoms with Gasteiger partial charge in [-0.25, -0.2) is 12.8 Å². The highest BCUT2D eigenvalue weighted by Gasteiger charge is 2.35. The number of aryl methyl sites for hydroxylation is 1. The summed E-state index contributed by atoms with van der Waals surface area (Å²) in [5.74, 6) is -1.34. The number of amides is 2. The number of carbonyl (C=O) groups is 2. The maximum Gasteiger partial charge on any atom is 0.264 e. The van der Waals surface area contributed by atoms with Gasteiger partial charge in [0.1, 0.15) is 18.4 Å². The Labute approximate surface area is 259 Å². The summed E-state index contributed by atoms with van der Waals surface area (Å²) < 4.78 is 43.2. The van der Waals surface area contributed by atoms with Gasteiger partial charge in [-0.2, -0.15) is 0 Å². The molecule has 0 aliphatic heterocycles. The van der Waals surface area contributed by atoms with Gasteiger partial charge in [0.2, 0.25) is 11.8 Å². The van der Waals surface area contributed by atoms with E-state index in [1.807, 2.05) is 56.3 Å². The topological polar surface area (TPSA) is 86.8 Å². The lowest BCUT2D eigenvalue weighted by molar-refractivity contribution is -0.140. The van der Waals surface area contributed by atoms with E-state index >= 15 is 0 Å². The first-order valence-corrected chi connectivity index (χ1v) is 16.2. The maximum atomic E-state index is 14.5. The van der Waals surface area contributed by atoms with Crippen LogP contribution in [0, 0.1) is 5.82 Å². The summed E-state index contributed by atoms with van der Waals surface area (Å²) in [5, 5.41) is 2.92. The number of hydrogen-bond donors (Lipinski definition) is 1. The van der Waals surface area contributed by atoms with Crippen molar-refractivity contribution >= 4 is 27.5 Å². The Morgan fingerprint density at radius 3 is 2.05 bits per heavy atom.